The van der Waals surface area contributed by atoms with Crippen LogP contribution in [-0.4, -0.2) is 25.0 Å². The molecule has 0 aromatic rings. The van der Waals surface area contributed by atoms with Gasteiger partial charge >= 0.3 is 0 Å². The van der Waals surface area contributed by atoms with Gasteiger partial charge in [-0.1, -0.05) is 6.92 Å². The fourth-order valence-electron chi connectivity index (χ4n) is 1.38. The molecule has 0 bridgehead atoms. The van der Waals surface area contributed by atoms with Gasteiger partial charge in [0.1, 0.15) is 0 Å². The third kappa shape index (κ3) is 1.22. The average Bonchev–Trinajstić information content (AvgIpc) is 2.10. The van der Waals surface area contributed by atoms with Gasteiger partial charge in [-0.05, 0) is 13.0 Å². The van der Waals surface area contributed by atoms with E-state index >= 15 is 0 Å². The highest BCUT2D eigenvalue weighted by Crippen LogP contribution is 2.19. The first-order valence-corrected chi connectivity index (χ1v) is 3.32. The van der Waals surface area contributed by atoms with Gasteiger partial charge in [-0.2, -0.15) is 5.26 Å². The van der Waals surface area contributed by atoms with Gasteiger partial charge in [0.05, 0.1) is 12.0 Å². The molecule has 1 aliphatic heterocycles. The summed E-state index contributed by atoms with van der Waals surface area (Å²) < 4.78 is 0. The van der Waals surface area contributed by atoms with Gasteiger partial charge in [0.2, 0.25) is 0 Å². The van der Waals surface area contributed by atoms with E-state index in [-0.39, 0.29) is 5.92 Å². The van der Waals surface area contributed by atoms with Crippen LogP contribution in [0.2, 0.25) is 0 Å². The summed E-state index contributed by atoms with van der Waals surface area (Å²) in [4.78, 5) is 2.21. The van der Waals surface area contributed by atoms with Crippen molar-refractivity contribution in [1.29, 1.82) is 5.26 Å². The van der Waals surface area contributed by atoms with E-state index in [0.29, 0.717) is 5.92 Å². The highest BCUT2D eigenvalue weighted by Gasteiger charge is 2.26. The molecule has 2 heteroatoms. The summed E-state index contributed by atoms with van der Waals surface area (Å²) in [5.41, 5.74) is 0. The molecule has 50 valence electrons. The predicted molar refractivity (Wildman–Crippen MR) is 35.8 cm³/mol. The van der Waals surface area contributed by atoms with E-state index in [1.165, 1.54) is 0 Å². The Morgan fingerprint density at radius 3 is 2.44 bits per heavy atom. The van der Waals surface area contributed by atoms with Crippen LogP contribution in [0.25, 0.3) is 0 Å². The first-order valence-electron chi connectivity index (χ1n) is 3.32. The third-order valence-electron chi connectivity index (χ3n) is 1.96. The van der Waals surface area contributed by atoms with Crippen LogP contribution < -0.4 is 0 Å². The Morgan fingerprint density at radius 2 is 2.22 bits per heavy atom. The van der Waals surface area contributed by atoms with Crippen LogP contribution in [0.4, 0.5) is 0 Å². The van der Waals surface area contributed by atoms with E-state index in [2.05, 4.69) is 24.9 Å². The minimum Gasteiger partial charge on any atom is -0.305 e. The Bertz CT molecular complexity index is 136. The van der Waals surface area contributed by atoms with Gasteiger partial charge in [0.15, 0.2) is 0 Å². The first-order chi connectivity index (χ1) is 4.24. The SMILES string of the molecule is CC1CN(C)CC1C#N. The molecule has 1 fully saturated rings. The van der Waals surface area contributed by atoms with Crippen LogP contribution in [0.5, 0.6) is 0 Å². The summed E-state index contributed by atoms with van der Waals surface area (Å²) in [6.45, 7) is 4.17. The molecule has 9 heavy (non-hydrogen) atoms. The van der Waals surface area contributed by atoms with Crippen LogP contribution in [0.1, 0.15) is 6.92 Å². The molecule has 0 aromatic heterocycles. The number of likely N-dealkylation sites (tertiary alicyclic amines) is 1. The molecule has 0 aromatic carbocycles. The van der Waals surface area contributed by atoms with Crippen molar-refractivity contribution in [2.24, 2.45) is 11.8 Å². The number of hydrogen-bond donors (Lipinski definition) is 0. The van der Waals surface area contributed by atoms with E-state index < -0.39 is 0 Å². The highest BCUT2D eigenvalue weighted by atomic mass is 15.1. The largest absolute Gasteiger partial charge is 0.305 e. The molecule has 0 radical (unpaired) electrons. The van der Waals surface area contributed by atoms with Crippen molar-refractivity contribution in [2.45, 2.75) is 6.92 Å². The molecule has 2 unspecified atom stereocenters. The second-order valence-corrected chi connectivity index (χ2v) is 2.93. The topological polar surface area (TPSA) is 27.0 Å². The first kappa shape index (κ1) is 6.57. The highest BCUT2D eigenvalue weighted by molar-refractivity contribution is 4.93. The molecule has 0 spiro atoms. The maximum atomic E-state index is 8.58. The van der Waals surface area contributed by atoms with Crippen molar-refractivity contribution in [2.75, 3.05) is 20.1 Å². The Morgan fingerprint density at radius 1 is 1.56 bits per heavy atom. The van der Waals surface area contributed by atoms with Crippen molar-refractivity contribution in [3.63, 3.8) is 0 Å². The van der Waals surface area contributed by atoms with Gasteiger partial charge in [-0.25, -0.2) is 0 Å². The molecule has 2 atom stereocenters. The predicted octanol–water partition coefficient (Wildman–Crippen LogP) is 0.708. The number of nitriles is 1. The Kier molecular flexibility index (Phi) is 1.73. The Labute approximate surface area is 56.1 Å². The molecule has 1 heterocycles. The van der Waals surface area contributed by atoms with Gasteiger partial charge in [-0.3, -0.25) is 0 Å². The maximum absolute atomic E-state index is 8.58. The molecule has 1 saturated heterocycles. The second kappa shape index (κ2) is 2.36. The van der Waals surface area contributed by atoms with Gasteiger partial charge in [-0.15, -0.1) is 0 Å². The molecule has 0 amide bonds. The maximum Gasteiger partial charge on any atom is 0.0672 e. The quantitative estimate of drug-likeness (QED) is 0.475. The van der Waals surface area contributed by atoms with Gasteiger partial charge in [0.25, 0.3) is 0 Å². The van der Waals surface area contributed by atoms with E-state index in [9.17, 15) is 0 Å². The summed E-state index contributed by atoms with van der Waals surface area (Å²) in [5, 5.41) is 8.58. The van der Waals surface area contributed by atoms with Crippen molar-refractivity contribution < 1.29 is 0 Å². The lowest BCUT2D eigenvalue weighted by Gasteiger charge is -2.02. The third-order valence-corrected chi connectivity index (χ3v) is 1.96. The number of hydrogen-bond acceptors (Lipinski definition) is 2. The molecule has 0 aliphatic carbocycles. The standard InChI is InChI=1S/C7H12N2/c1-6-4-9(2)5-7(6)3-8/h6-7H,4-5H2,1-2H3. The number of nitrogens with zero attached hydrogens (tertiary/aromatic N) is 2. The van der Waals surface area contributed by atoms with Crippen LogP contribution in [-0.2, 0) is 0 Å². The molecular formula is C7H12N2. The average molecular weight is 124 g/mol. The monoisotopic (exact) mass is 124 g/mol. The van der Waals surface area contributed by atoms with Crippen molar-refractivity contribution in [3.8, 4) is 6.07 Å². The molecule has 0 saturated carbocycles. The molecule has 0 N–H and O–H groups in total. The van der Waals surface area contributed by atoms with Crippen LogP contribution >= 0.6 is 0 Å². The smallest absolute Gasteiger partial charge is 0.0672 e. The zero-order chi connectivity index (χ0) is 6.85. The van der Waals surface area contributed by atoms with Crippen LogP contribution in [0, 0.1) is 23.2 Å². The fraction of sp³-hybridized carbons (Fsp3) is 0.857. The van der Waals surface area contributed by atoms with E-state index in [1.807, 2.05) is 0 Å². The zero-order valence-corrected chi connectivity index (χ0v) is 5.96. The lowest BCUT2D eigenvalue weighted by molar-refractivity contribution is 0.400. The normalized spacial score (nSPS) is 36.6. The van der Waals surface area contributed by atoms with Gasteiger partial charge < -0.3 is 4.90 Å². The van der Waals surface area contributed by atoms with Crippen LogP contribution in [0.3, 0.4) is 0 Å². The molecular weight excluding hydrogens is 112 g/mol. The minimum absolute atomic E-state index is 0.273. The van der Waals surface area contributed by atoms with Crippen molar-refractivity contribution in [1.82, 2.24) is 4.90 Å². The minimum atomic E-state index is 0.273. The summed E-state index contributed by atoms with van der Waals surface area (Å²) in [7, 11) is 2.06. The van der Waals surface area contributed by atoms with Crippen molar-refractivity contribution in [3.05, 3.63) is 0 Å². The number of rotatable bonds is 0. The summed E-state index contributed by atoms with van der Waals surface area (Å²) >= 11 is 0. The second-order valence-electron chi connectivity index (χ2n) is 2.93. The summed E-state index contributed by atoms with van der Waals surface area (Å²) in [5.74, 6) is 0.843. The van der Waals surface area contributed by atoms with Crippen molar-refractivity contribution >= 4 is 0 Å². The lowest BCUT2D eigenvalue weighted by atomic mass is 10.0. The van der Waals surface area contributed by atoms with E-state index in [0.717, 1.165) is 13.1 Å². The van der Waals surface area contributed by atoms with E-state index in [1.54, 1.807) is 0 Å². The Balaban J connectivity index is 2.50. The molecule has 1 rings (SSSR count). The summed E-state index contributed by atoms with van der Waals surface area (Å²) in [6, 6.07) is 2.30. The Hall–Kier alpha value is -0.550. The zero-order valence-electron chi connectivity index (χ0n) is 5.96. The molecule has 1 aliphatic rings. The van der Waals surface area contributed by atoms with Gasteiger partial charge in [0, 0.05) is 13.1 Å². The fourth-order valence-corrected chi connectivity index (χ4v) is 1.38. The summed E-state index contributed by atoms with van der Waals surface area (Å²) in [6.07, 6.45) is 0. The lowest BCUT2D eigenvalue weighted by Crippen LogP contribution is -2.13. The van der Waals surface area contributed by atoms with E-state index in [4.69, 9.17) is 5.26 Å². The van der Waals surface area contributed by atoms with Crippen LogP contribution in [0.15, 0.2) is 0 Å². The molecule has 2 nitrogen and oxygen atoms in total.